The highest BCUT2D eigenvalue weighted by molar-refractivity contribution is 9.10. The van der Waals surface area contributed by atoms with Crippen LogP contribution in [0.2, 0.25) is 0 Å². The first kappa shape index (κ1) is 14.1. The van der Waals surface area contributed by atoms with Crippen LogP contribution < -0.4 is 0 Å². The number of hydrogen-bond acceptors (Lipinski definition) is 2. The molecule has 2 nitrogen and oxygen atoms in total. The Kier molecular flexibility index (Phi) is 4.27. The van der Waals surface area contributed by atoms with E-state index >= 15 is 0 Å². The quantitative estimate of drug-likeness (QED) is 0.865. The molecule has 5 heteroatoms. The summed E-state index contributed by atoms with van der Waals surface area (Å²) in [4.78, 5) is 3.61. The van der Waals surface area contributed by atoms with E-state index in [1.807, 2.05) is 0 Å². The Labute approximate surface area is 118 Å². The summed E-state index contributed by atoms with van der Waals surface area (Å²) in [6.45, 7) is 1.69. The van der Waals surface area contributed by atoms with Gasteiger partial charge in [0.1, 0.15) is 5.82 Å². The highest BCUT2D eigenvalue weighted by atomic mass is 79.9. The largest absolute Gasteiger partial charge is 0.388 e. The van der Waals surface area contributed by atoms with Gasteiger partial charge in [0.2, 0.25) is 5.95 Å². The van der Waals surface area contributed by atoms with Gasteiger partial charge in [-0.2, -0.15) is 4.39 Å². The van der Waals surface area contributed by atoms with Crippen LogP contribution >= 0.6 is 15.9 Å². The van der Waals surface area contributed by atoms with Crippen molar-refractivity contribution >= 4 is 15.9 Å². The molecule has 0 amide bonds. The second-order valence-electron chi connectivity index (χ2n) is 4.32. The molecule has 0 aliphatic carbocycles. The minimum absolute atomic E-state index is 0.311. The van der Waals surface area contributed by atoms with E-state index in [-0.39, 0.29) is 5.82 Å². The molecule has 1 aromatic carbocycles. The molecule has 0 saturated carbocycles. The topological polar surface area (TPSA) is 33.1 Å². The average Bonchev–Trinajstić information content (AvgIpc) is 2.41. The van der Waals surface area contributed by atoms with Gasteiger partial charge >= 0.3 is 0 Å². The van der Waals surface area contributed by atoms with Crippen LogP contribution in [0.4, 0.5) is 8.78 Å². The smallest absolute Gasteiger partial charge is 0.216 e. The van der Waals surface area contributed by atoms with Crippen molar-refractivity contribution in [3.8, 4) is 0 Å². The summed E-state index contributed by atoms with van der Waals surface area (Å²) in [5.74, 6) is -1.48. The molecule has 0 spiro atoms. The first-order chi connectivity index (χ1) is 8.99. The van der Waals surface area contributed by atoms with E-state index in [4.69, 9.17) is 0 Å². The number of benzene rings is 1. The van der Waals surface area contributed by atoms with Crippen molar-refractivity contribution in [2.75, 3.05) is 0 Å². The van der Waals surface area contributed by atoms with Crippen molar-refractivity contribution < 1.29 is 13.9 Å². The maximum atomic E-state index is 13.7. The Hall–Kier alpha value is -1.33. The summed E-state index contributed by atoms with van der Waals surface area (Å²) in [5.41, 5.74) is 0.847. The van der Waals surface area contributed by atoms with Crippen LogP contribution in [0.5, 0.6) is 0 Å². The molecular formula is C14H12BrF2NO. The Morgan fingerprint density at radius 2 is 1.84 bits per heavy atom. The van der Waals surface area contributed by atoms with Crippen molar-refractivity contribution in [1.29, 1.82) is 0 Å². The summed E-state index contributed by atoms with van der Waals surface area (Å²) < 4.78 is 27.1. The number of hydrogen-bond donors (Lipinski definition) is 1. The van der Waals surface area contributed by atoms with Crippen LogP contribution in [0.15, 0.2) is 41.0 Å². The van der Waals surface area contributed by atoms with Crippen LogP contribution in [0, 0.1) is 11.8 Å². The molecular weight excluding hydrogens is 316 g/mol. The average molecular weight is 328 g/mol. The molecule has 2 rings (SSSR count). The van der Waals surface area contributed by atoms with E-state index in [0.29, 0.717) is 15.6 Å². The fraction of sp³-hybridized carbons (Fsp3) is 0.214. The molecule has 2 aromatic rings. The highest BCUT2D eigenvalue weighted by Gasteiger charge is 2.22. The predicted molar refractivity (Wildman–Crippen MR) is 71.7 cm³/mol. The van der Waals surface area contributed by atoms with Crippen molar-refractivity contribution in [3.63, 3.8) is 0 Å². The van der Waals surface area contributed by atoms with Gasteiger partial charge in [-0.05, 0) is 39.7 Å². The molecule has 0 aliphatic rings. The lowest BCUT2D eigenvalue weighted by molar-refractivity contribution is 0.149. The Balaban J connectivity index is 2.30. The van der Waals surface area contributed by atoms with E-state index in [1.165, 1.54) is 30.5 Å². The Bertz CT molecular complexity index is 574. The number of rotatable bonds is 3. The zero-order valence-electron chi connectivity index (χ0n) is 10.1. The normalized spacial score (nSPS) is 14.2. The summed E-state index contributed by atoms with van der Waals surface area (Å²) in [5, 5.41) is 10.2. The monoisotopic (exact) mass is 327 g/mol. The second-order valence-corrected chi connectivity index (χ2v) is 5.23. The third kappa shape index (κ3) is 3.16. The van der Waals surface area contributed by atoms with E-state index in [0.717, 1.165) is 0 Å². The van der Waals surface area contributed by atoms with E-state index < -0.39 is 18.0 Å². The van der Waals surface area contributed by atoms with Gasteiger partial charge in [0.25, 0.3) is 0 Å². The number of halogens is 3. The molecule has 0 unspecified atom stereocenters. The maximum Gasteiger partial charge on any atom is 0.216 e. The second kappa shape index (κ2) is 5.75. The van der Waals surface area contributed by atoms with E-state index in [1.54, 1.807) is 13.0 Å². The van der Waals surface area contributed by atoms with Crippen molar-refractivity contribution in [1.82, 2.24) is 4.98 Å². The molecule has 19 heavy (non-hydrogen) atoms. The molecule has 2 atom stereocenters. The van der Waals surface area contributed by atoms with Crippen LogP contribution in [0.3, 0.4) is 0 Å². The van der Waals surface area contributed by atoms with Gasteiger partial charge in [-0.3, -0.25) is 0 Å². The van der Waals surface area contributed by atoms with Crippen molar-refractivity contribution in [2.45, 2.75) is 18.9 Å². The number of aliphatic hydroxyl groups excluding tert-OH is 1. The van der Waals surface area contributed by atoms with Gasteiger partial charge in [-0.25, -0.2) is 9.37 Å². The molecule has 1 N–H and O–H groups in total. The molecule has 0 saturated heterocycles. The molecule has 0 radical (unpaired) electrons. The third-order valence-corrected chi connectivity index (χ3v) is 3.44. The van der Waals surface area contributed by atoms with Gasteiger partial charge in [0.15, 0.2) is 0 Å². The van der Waals surface area contributed by atoms with Crippen molar-refractivity contribution in [2.24, 2.45) is 0 Å². The summed E-state index contributed by atoms with van der Waals surface area (Å²) in [6, 6.07) is 7.08. The van der Waals surface area contributed by atoms with Crippen LogP contribution in [-0.4, -0.2) is 10.1 Å². The lowest BCUT2D eigenvalue weighted by atomic mass is 9.91. The van der Waals surface area contributed by atoms with Crippen LogP contribution in [-0.2, 0) is 0 Å². The number of aliphatic hydroxyl groups is 1. The first-order valence-electron chi connectivity index (χ1n) is 5.73. The summed E-state index contributed by atoms with van der Waals surface area (Å²) in [7, 11) is 0. The van der Waals surface area contributed by atoms with Gasteiger partial charge in [0, 0.05) is 22.2 Å². The molecule has 100 valence electrons. The number of nitrogens with zero attached hydrogens (tertiary/aromatic N) is 1. The Morgan fingerprint density at radius 1 is 1.21 bits per heavy atom. The van der Waals surface area contributed by atoms with Gasteiger partial charge in [-0.15, -0.1) is 0 Å². The number of aromatic nitrogens is 1. The Morgan fingerprint density at radius 3 is 2.47 bits per heavy atom. The van der Waals surface area contributed by atoms with Crippen molar-refractivity contribution in [3.05, 3.63) is 63.9 Å². The zero-order valence-corrected chi connectivity index (χ0v) is 11.7. The maximum absolute atomic E-state index is 13.7. The van der Waals surface area contributed by atoms with Crippen LogP contribution in [0.25, 0.3) is 0 Å². The minimum atomic E-state index is -0.925. The summed E-state index contributed by atoms with van der Waals surface area (Å²) in [6.07, 6.45) is 0.432. The zero-order chi connectivity index (χ0) is 14.0. The fourth-order valence-electron chi connectivity index (χ4n) is 1.88. The molecule has 1 aromatic heterocycles. The van der Waals surface area contributed by atoms with E-state index in [9.17, 15) is 13.9 Å². The molecule has 0 bridgehead atoms. The lowest BCUT2D eigenvalue weighted by Crippen LogP contribution is -2.10. The number of pyridine rings is 1. The summed E-state index contributed by atoms with van der Waals surface area (Å²) >= 11 is 3.22. The SMILES string of the molecule is C[C@H](c1cc(Br)cnc1F)[C@H](O)c1ccc(F)cc1. The molecule has 0 fully saturated rings. The third-order valence-electron chi connectivity index (χ3n) is 3.01. The predicted octanol–water partition coefficient (Wildman–Crippen LogP) is 3.96. The highest BCUT2D eigenvalue weighted by Crippen LogP contribution is 2.32. The molecule has 1 heterocycles. The fourth-order valence-corrected chi connectivity index (χ4v) is 2.23. The van der Waals surface area contributed by atoms with Gasteiger partial charge in [-0.1, -0.05) is 19.1 Å². The van der Waals surface area contributed by atoms with Crippen LogP contribution in [0.1, 0.15) is 30.1 Å². The standard InChI is InChI=1S/C14H12BrF2NO/c1-8(12-6-10(15)7-18-14(12)17)13(19)9-2-4-11(16)5-3-9/h2-8,13,19H,1H3/t8-,13+/m1/s1. The van der Waals surface area contributed by atoms with E-state index in [2.05, 4.69) is 20.9 Å². The lowest BCUT2D eigenvalue weighted by Gasteiger charge is -2.20. The minimum Gasteiger partial charge on any atom is -0.388 e. The van der Waals surface area contributed by atoms with Gasteiger partial charge in [0.05, 0.1) is 6.10 Å². The first-order valence-corrected chi connectivity index (χ1v) is 6.53. The molecule has 0 aliphatic heterocycles. The van der Waals surface area contributed by atoms with Gasteiger partial charge < -0.3 is 5.11 Å².